The van der Waals surface area contributed by atoms with Crippen molar-refractivity contribution in [1.82, 2.24) is 0 Å². The molecule has 0 aliphatic carbocycles. The molecule has 0 heterocycles. The summed E-state index contributed by atoms with van der Waals surface area (Å²) >= 11 is 0. The van der Waals surface area contributed by atoms with Gasteiger partial charge >= 0.3 is 26.2 Å². The summed E-state index contributed by atoms with van der Waals surface area (Å²) in [6.45, 7) is 1.68. The molecule has 2 unspecified atom stereocenters. The molecular formula is C6H12BF2LiO5. The van der Waals surface area contributed by atoms with Crippen LogP contribution in [-0.4, -0.2) is 32.9 Å². The van der Waals surface area contributed by atoms with Crippen LogP contribution in [0.4, 0.5) is 8.78 Å². The SMILES string of the molecule is CC(F)COOB([O-])OOCC(C)F.[Li+]. The zero-order chi connectivity index (χ0) is 11.0. The van der Waals surface area contributed by atoms with Gasteiger partial charge in [0.25, 0.3) is 0 Å². The Morgan fingerprint density at radius 2 is 1.40 bits per heavy atom. The minimum atomic E-state index is -2.08. The molecule has 0 aliphatic rings. The number of hydrogen-bond acceptors (Lipinski definition) is 5. The monoisotopic (exact) mass is 220 g/mol. The summed E-state index contributed by atoms with van der Waals surface area (Å²) in [6, 6.07) is 0. The Morgan fingerprint density at radius 3 is 1.67 bits per heavy atom. The minimum Gasteiger partial charge on any atom is -0.828 e. The molecule has 0 bridgehead atoms. The molecule has 0 radical (unpaired) electrons. The van der Waals surface area contributed by atoms with Gasteiger partial charge in [-0.15, -0.1) is 0 Å². The van der Waals surface area contributed by atoms with Gasteiger partial charge in [-0.05, 0) is 13.8 Å². The molecule has 0 aliphatic heterocycles. The third-order valence-corrected chi connectivity index (χ3v) is 0.889. The Kier molecular flexibility index (Phi) is 12.8. The molecule has 0 saturated carbocycles. The van der Waals surface area contributed by atoms with Crippen LogP contribution in [0.15, 0.2) is 0 Å². The van der Waals surface area contributed by atoms with Crippen LogP contribution in [0.25, 0.3) is 0 Å². The van der Waals surface area contributed by atoms with Crippen molar-refractivity contribution < 1.29 is 52.1 Å². The molecule has 0 aromatic rings. The van der Waals surface area contributed by atoms with E-state index in [4.69, 9.17) is 0 Å². The van der Waals surface area contributed by atoms with E-state index in [9.17, 15) is 13.8 Å². The Labute approximate surface area is 99.2 Å². The molecule has 0 rings (SSSR count). The van der Waals surface area contributed by atoms with Crippen LogP contribution >= 0.6 is 0 Å². The Morgan fingerprint density at radius 1 is 1.07 bits per heavy atom. The summed E-state index contributed by atoms with van der Waals surface area (Å²) < 4.78 is 24.2. The van der Waals surface area contributed by atoms with Gasteiger partial charge in [0.1, 0.15) is 25.6 Å². The fourth-order valence-electron chi connectivity index (χ4n) is 0.393. The van der Waals surface area contributed by atoms with Crippen LogP contribution in [0.3, 0.4) is 0 Å². The molecule has 2 atom stereocenters. The quantitative estimate of drug-likeness (QED) is 0.247. The second kappa shape index (κ2) is 10.8. The fraction of sp³-hybridized carbons (Fsp3) is 1.00. The zero-order valence-electron chi connectivity index (χ0n) is 8.94. The van der Waals surface area contributed by atoms with Crippen molar-refractivity contribution in [3.8, 4) is 0 Å². The number of alkyl halides is 2. The molecule has 0 N–H and O–H groups in total. The van der Waals surface area contributed by atoms with Crippen LogP contribution in [0, 0.1) is 0 Å². The molecule has 9 heteroatoms. The summed E-state index contributed by atoms with van der Waals surface area (Å²) in [5.41, 5.74) is 0. The number of rotatable bonds is 8. The van der Waals surface area contributed by atoms with E-state index in [2.05, 4.69) is 19.4 Å². The standard InChI is InChI=1S/C6H12BF2O5.Li/c1-5(8)3-11-13-7(10)14-12-4-6(2)9;/h5-6H,3-4H2,1-2H3;/q-1;+1. The number of hydrogen-bond donors (Lipinski definition) is 0. The topological polar surface area (TPSA) is 60.0 Å². The summed E-state index contributed by atoms with van der Waals surface area (Å²) in [7, 11) is -2.08. The van der Waals surface area contributed by atoms with E-state index in [0.29, 0.717) is 0 Å². The Hall–Kier alpha value is 0.322. The molecule has 0 aromatic carbocycles. The third-order valence-electron chi connectivity index (χ3n) is 0.889. The van der Waals surface area contributed by atoms with E-state index in [1.54, 1.807) is 0 Å². The molecule has 0 aromatic heterocycles. The van der Waals surface area contributed by atoms with Crippen molar-refractivity contribution in [3.63, 3.8) is 0 Å². The largest absolute Gasteiger partial charge is 1.00 e. The van der Waals surface area contributed by atoms with E-state index < -0.39 is 19.7 Å². The van der Waals surface area contributed by atoms with E-state index in [0.717, 1.165) is 0 Å². The van der Waals surface area contributed by atoms with Crippen molar-refractivity contribution >= 4 is 7.32 Å². The van der Waals surface area contributed by atoms with E-state index in [1.807, 2.05) is 0 Å². The summed E-state index contributed by atoms with van der Waals surface area (Å²) in [6.07, 6.45) is -2.51. The van der Waals surface area contributed by atoms with Crippen molar-refractivity contribution in [2.75, 3.05) is 13.2 Å². The maximum atomic E-state index is 12.1. The van der Waals surface area contributed by atoms with Gasteiger partial charge in [0, 0.05) is 0 Å². The van der Waals surface area contributed by atoms with Gasteiger partial charge in [-0.1, -0.05) is 0 Å². The normalized spacial score (nSPS) is 14.2. The number of halogens is 2. The van der Waals surface area contributed by atoms with Gasteiger partial charge in [0.05, 0.1) is 0 Å². The van der Waals surface area contributed by atoms with E-state index in [1.165, 1.54) is 13.8 Å². The Bertz CT molecular complexity index is 129. The Balaban J connectivity index is 0. The second-order valence-corrected chi connectivity index (χ2v) is 2.61. The van der Waals surface area contributed by atoms with Gasteiger partial charge in [-0.3, -0.25) is 9.61 Å². The van der Waals surface area contributed by atoms with E-state index in [-0.39, 0.29) is 32.1 Å². The molecule has 84 valence electrons. The van der Waals surface area contributed by atoms with Gasteiger partial charge in [-0.2, -0.15) is 0 Å². The predicted octanol–water partition coefficient (Wildman–Crippen LogP) is -3.05. The first-order valence-corrected chi connectivity index (χ1v) is 4.03. The first-order valence-electron chi connectivity index (χ1n) is 4.03. The summed E-state index contributed by atoms with van der Waals surface area (Å²) in [5, 5.41) is 10.6. The van der Waals surface area contributed by atoms with Crippen LogP contribution < -0.4 is 23.9 Å². The maximum Gasteiger partial charge on any atom is 1.00 e. The molecule has 0 amide bonds. The minimum absolute atomic E-state index is 0. The second-order valence-electron chi connectivity index (χ2n) is 2.61. The van der Waals surface area contributed by atoms with Crippen molar-refractivity contribution in [2.45, 2.75) is 26.2 Å². The maximum absolute atomic E-state index is 12.1. The van der Waals surface area contributed by atoms with Gasteiger partial charge in [0.2, 0.25) is 0 Å². The summed E-state index contributed by atoms with van der Waals surface area (Å²) in [4.78, 5) is 16.2. The predicted molar refractivity (Wildman–Crippen MR) is 41.0 cm³/mol. The average molecular weight is 220 g/mol. The van der Waals surface area contributed by atoms with Crippen LogP contribution in [0.1, 0.15) is 13.8 Å². The van der Waals surface area contributed by atoms with Crippen molar-refractivity contribution in [3.05, 3.63) is 0 Å². The fourth-order valence-corrected chi connectivity index (χ4v) is 0.393. The van der Waals surface area contributed by atoms with Crippen molar-refractivity contribution in [1.29, 1.82) is 0 Å². The molecule has 0 saturated heterocycles. The van der Waals surface area contributed by atoms with E-state index >= 15 is 0 Å². The zero-order valence-corrected chi connectivity index (χ0v) is 8.94. The molecular weight excluding hydrogens is 208 g/mol. The van der Waals surface area contributed by atoms with Crippen LogP contribution in [0.5, 0.6) is 0 Å². The molecule has 0 fully saturated rings. The van der Waals surface area contributed by atoms with Gasteiger partial charge in [-0.25, -0.2) is 18.6 Å². The molecule has 5 nitrogen and oxygen atoms in total. The molecule has 0 spiro atoms. The summed E-state index contributed by atoms with van der Waals surface area (Å²) in [5.74, 6) is 0. The van der Waals surface area contributed by atoms with Gasteiger partial charge in [0.15, 0.2) is 0 Å². The van der Waals surface area contributed by atoms with Gasteiger partial charge < -0.3 is 5.02 Å². The van der Waals surface area contributed by atoms with Crippen LogP contribution in [-0.2, 0) is 19.4 Å². The first-order chi connectivity index (χ1) is 6.52. The smallest absolute Gasteiger partial charge is 0.828 e. The third kappa shape index (κ3) is 14.3. The van der Waals surface area contributed by atoms with Crippen molar-refractivity contribution in [2.24, 2.45) is 0 Å². The van der Waals surface area contributed by atoms with Crippen LogP contribution in [0.2, 0.25) is 0 Å². The first kappa shape index (κ1) is 17.7. The molecule has 15 heavy (non-hydrogen) atoms. The average Bonchev–Trinajstić information content (AvgIpc) is 2.02.